The van der Waals surface area contributed by atoms with Crippen molar-refractivity contribution < 1.29 is 18.7 Å². The summed E-state index contributed by atoms with van der Waals surface area (Å²) in [4.78, 5) is 16.2. The zero-order valence-electron chi connectivity index (χ0n) is 17.6. The van der Waals surface area contributed by atoms with Crippen molar-refractivity contribution in [3.05, 3.63) is 83.0 Å². The van der Waals surface area contributed by atoms with E-state index in [9.17, 15) is 13.6 Å². The van der Waals surface area contributed by atoms with Gasteiger partial charge in [-0.25, -0.2) is 18.4 Å². The molecule has 11 heteroatoms. The van der Waals surface area contributed by atoms with Gasteiger partial charge < -0.3 is 21.5 Å². The third kappa shape index (κ3) is 4.82. The minimum absolute atomic E-state index is 0.0764. The predicted octanol–water partition coefficient (Wildman–Crippen LogP) is 3.91. The number of benzene rings is 2. The first-order valence-electron chi connectivity index (χ1n) is 10.1. The van der Waals surface area contributed by atoms with Crippen molar-refractivity contribution in [2.75, 3.05) is 24.2 Å². The molecule has 0 saturated heterocycles. The number of halogens is 3. The van der Waals surface area contributed by atoms with Crippen molar-refractivity contribution in [1.29, 1.82) is 0 Å². The number of anilines is 3. The monoisotopic (exact) mass is 484 g/mol. The number of amides is 1. The van der Waals surface area contributed by atoms with Crippen molar-refractivity contribution in [3.8, 4) is 16.9 Å². The van der Waals surface area contributed by atoms with Crippen LogP contribution in [0.25, 0.3) is 16.9 Å². The Labute approximate surface area is 198 Å². The fourth-order valence-corrected chi connectivity index (χ4v) is 3.36. The maximum atomic E-state index is 14.4. The third-order valence-corrected chi connectivity index (χ3v) is 5.13. The molecule has 5 N–H and O–H groups in total. The fourth-order valence-electron chi connectivity index (χ4n) is 3.20. The van der Waals surface area contributed by atoms with Crippen LogP contribution in [0.4, 0.5) is 26.1 Å². The van der Waals surface area contributed by atoms with Crippen molar-refractivity contribution in [2.24, 2.45) is 0 Å². The van der Waals surface area contributed by atoms with Crippen molar-refractivity contribution in [1.82, 2.24) is 20.1 Å². The summed E-state index contributed by atoms with van der Waals surface area (Å²) in [6, 6.07) is 15.8. The quantitative estimate of drug-likeness (QED) is 0.316. The van der Waals surface area contributed by atoms with Gasteiger partial charge in [-0.2, -0.15) is 5.10 Å². The van der Waals surface area contributed by atoms with E-state index in [1.54, 1.807) is 12.1 Å². The van der Waals surface area contributed by atoms with E-state index < -0.39 is 23.4 Å². The summed E-state index contributed by atoms with van der Waals surface area (Å²) in [7, 11) is 0. The summed E-state index contributed by atoms with van der Waals surface area (Å²) in [5.41, 5.74) is 6.81. The average molecular weight is 485 g/mol. The molecule has 2 aromatic heterocycles. The smallest absolute Gasteiger partial charge is 0.271 e. The highest BCUT2D eigenvalue weighted by molar-refractivity contribution is 6.33. The molecule has 1 amide bonds. The van der Waals surface area contributed by atoms with Crippen LogP contribution in [0.5, 0.6) is 0 Å². The Morgan fingerprint density at radius 3 is 2.59 bits per heavy atom. The van der Waals surface area contributed by atoms with Gasteiger partial charge in [0.1, 0.15) is 11.5 Å². The summed E-state index contributed by atoms with van der Waals surface area (Å²) in [6.45, 7) is -0.135. The minimum Gasteiger partial charge on any atom is -0.395 e. The highest BCUT2D eigenvalue weighted by Crippen LogP contribution is 2.33. The second-order valence-corrected chi connectivity index (χ2v) is 7.55. The number of hydrogen-bond donors (Lipinski definition) is 4. The number of nitrogens with two attached hydrogens (primary N) is 1. The van der Waals surface area contributed by atoms with Gasteiger partial charge in [-0.15, -0.1) is 0 Å². The van der Waals surface area contributed by atoms with Gasteiger partial charge in [0.05, 0.1) is 23.0 Å². The first-order valence-corrected chi connectivity index (χ1v) is 10.5. The lowest BCUT2D eigenvalue weighted by molar-refractivity contribution is 0.0939. The normalized spacial score (nSPS) is 10.8. The summed E-state index contributed by atoms with van der Waals surface area (Å²) < 4.78 is 29.4. The number of aliphatic hydroxyl groups is 1. The van der Waals surface area contributed by atoms with E-state index >= 15 is 0 Å². The largest absolute Gasteiger partial charge is 0.395 e. The summed E-state index contributed by atoms with van der Waals surface area (Å²) in [6.07, 6.45) is 0. The first kappa shape index (κ1) is 23.1. The molecule has 2 heterocycles. The Kier molecular flexibility index (Phi) is 6.71. The van der Waals surface area contributed by atoms with E-state index in [0.29, 0.717) is 33.8 Å². The Bertz CT molecular complexity index is 1350. The lowest BCUT2D eigenvalue weighted by Crippen LogP contribution is -2.26. The maximum absolute atomic E-state index is 14.4. The zero-order valence-corrected chi connectivity index (χ0v) is 18.4. The van der Waals surface area contributed by atoms with E-state index in [1.165, 1.54) is 28.9 Å². The number of carbonyl (C=O) groups is 1. The maximum Gasteiger partial charge on any atom is 0.271 e. The number of hydrogen-bond acceptors (Lipinski definition) is 6. The van der Waals surface area contributed by atoms with Gasteiger partial charge in [-0.3, -0.25) is 4.79 Å². The molecule has 0 spiro atoms. The van der Waals surface area contributed by atoms with E-state index in [4.69, 9.17) is 22.4 Å². The van der Waals surface area contributed by atoms with Crippen LogP contribution >= 0.6 is 11.6 Å². The summed E-state index contributed by atoms with van der Waals surface area (Å²) >= 11 is 6.37. The lowest BCUT2D eigenvalue weighted by atomic mass is 10.1. The number of nitrogen functional groups attached to an aromatic ring is 1. The van der Waals surface area contributed by atoms with Gasteiger partial charge in [-0.05, 0) is 24.3 Å². The summed E-state index contributed by atoms with van der Waals surface area (Å²) in [5.74, 6) is -2.34. The molecule has 0 atom stereocenters. The molecule has 0 aliphatic rings. The minimum atomic E-state index is -0.952. The molecule has 0 aliphatic heterocycles. The van der Waals surface area contributed by atoms with Gasteiger partial charge >= 0.3 is 0 Å². The van der Waals surface area contributed by atoms with Crippen molar-refractivity contribution >= 4 is 34.8 Å². The number of aromatic nitrogens is 3. The third-order valence-electron chi connectivity index (χ3n) is 4.80. The van der Waals surface area contributed by atoms with Crippen LogP contribution < -0.4 is 16.4 Å². The fraction of sp³-hybridized carbons (Fsp3) is 0.0870. The number of nitrogens with zero attached hydrogens (tertiary/aromatic N) is 3. The lowest BCUT2D eigenvalue weighted by Gasteiger charge is -2.13. The van der Waals surface area contributed by atoms with E-state index in [2.05, 4.69) is 20.7 Å². The molecular formula is C23H19ClF2N6O2. The molecule has 0 aliphatic carbocycles. The average Bonchev–Trinajstić information content (AvgIpc) is 3.26. The van der Waals surface area contributed by atoms with Crippen LogP contribution in [0, 0.1) is 11.6 Å². The molecule has 0 bridgehead atoms. The van der Waals surface area contributed by atoms with Gasteiger partial charge in [0.15, 0.2) is 23.1 Å². The molecule has 174 valence electrons. The van der Waals surface area contributed by atoms with Crippen molar-refractivity contribution in [2.45, 2.75) is 0 Å². The van der Waals surface area contributed by atoms with Crippen LogP contribution in [-0.4, -0.2) is 38.9 Å². The first-order chi connectivity index (χ1) is 16.4. The van der Waals surface area contributed by atoms with E-state index in [1.807, 2.05) is 18.2 Å². The van der Waals surface area contributed by atoms with Crippen LogP contribution in [-0.2, 0) is 0 Å². The number of para-hydroxylation sites is 1. The van der Waals surface area contributed by atoms with E-state index in [-0.39, 0.29) is 24.5 Å². The summed E-state index contributed by atoms with van der Waals surface area (Å²) in [5, 5.41) is 19.3. The standard InChI is InChI=1S/C23H19ClF2N6O2/c24-15-7-6-13(21-16(25)11-17(26)22(27)30-21)10-18(15)29-20-12-19(23(34)28-8-9-33)31-32(20)14-4-2-1-3-5-14/h1-7,10-12,29,33H,8-9H2,(H2,27,30)(H,28,34). The Morgan fingerprint density at radius 1 is 1.09 bits per heavy atom. The topological polar surface area (TPSA) is 118 Å². The Balaban J connectivity index is 1.75. The molecule has 0 fully saturated rings. The molecule has 0 saturated carbocycles. The van der Waals surface area contributed by atoms with Crippen LogP contribution in [0.2, 0.25) is 5.02 Å². The molecular weight excluding hydrogens is 466 g/mol. The highest BCUT2D eigenvalue weighted by atomic mass is 35.5. The molecule has 0 unspecified atom stereocenters. The van der Waals surface area contributed by atoms with Gasteiger partial charge in [-0.1, -0.05) is 35.9 Å². The Hall–Kier alpha value is -4.02. The number of rotatable bonds is 7. The number of nitrogens with one attached hydrogen (secondary N) is 2. The Morgan fingerprint density at radius 2 is 1.85 bits per heavy atom. The second kappa shape index (κ2) is 9.86. The molecule has 4 rings (SSSR count). The molecule has 34 heavy (non-hydrogen) atoms. The molecule has 4 aromatic rings. The van der Waals surface area contributed by atoms with Crippen LogP contribution in [0.3, 0.4) is 0 Å². The van der Waals surface area contributed by atoms with Crippen molar-refractivity contribution in [3.63, 3.8) is 0 Å². The second-order valence-electron chi connectivity index (χ2n) is 7.15. The molecule has 0 radical (unpaired) electrons. The number of pyridine rings is 1. The van der Waals surface area contributed by atoms with Crippen LogP contribution in [0.15, 0.2) is 60.7 Å². The van der Waals surface area contributed by atoms with Gasteiger partial charge in [0.2, 0.25) is 0 Å². The molecule has 8 nitrogen and oxygen atoms in total. The number of aliphatic hydroxyl groups excluding tert-OH is 1. The SMILES string of the molecule is Nc1nc(-c2ccc(Cl)c(Nc3cc(C(=O)NCCO)nn3-c3ccccc3)c2)c(F)cc1F. The van der Waals surface area contributed by atoms with Gasteiger partial charge in [0, 0.05) is 24.2 Å². The van der Waals surface area contributed by atoms with E-state index in [0.717, 1.165) is 0 Å². The predicted molar refractivity (Wildman–Crippen MR) is 125 cm³/mol. The van der Waals surface area contributed by atoms with Crippen LogP contribution in [0.1, 0.15) is 10.5 Å². The molecule has 2 aromatic carbocycles. The number of carbonyl (C=O) groups excluding carboxylic acids is 1. The zero-order chi connectivity index (χ0) is 24.2. The van der Waals surface area contributed by atoms with Gasteiger partial charge in [0.25, 0.3) is 5.91 Å². The highest BCUT2D eigenvalue weighted by Gasteiger charge is 2.18.